The topological polar surface area (TPSA) is 119 Å². The molecule has 2 N–H and O–H groups in total. The minimum Gasteiger partial charge on any atom is -0.351 e. The Kier molecular flexibility index (Phi) is 6.23. The number of hydrogen-bond acceptors (Lipinski definition) is 6. The molecule has 0 bridgehead atoms. The van der Waals surface area contributed by atoms with Crippen molar-refractivity contribution in [3.8, 4) is 6.07 Å². The molecule has 130 valence electrons. The van der Waals surface area contributed by atoms with E-state index in [1.165, 1.54) is 6.20 Å². The smallest absolute Gasteiger partial charge is 0.225 e. The van der Waals surface area contributed by atoms with Gasteiger partial charge in [0.25, 0.3) is 0 Å². The first-order chi connectivity index (χ1) is 11.4. The number of anilines is 1. The third-order valence-electron chi connectivity index (χ3n) is 4.10. The summed E-state index contributed by atoms with van der Waals surface area (Å²) < 4.78 is 20.0. The second-order valence-corrected chi connectivity index (χ2v) is 6.99. The molecule has 8 nitrogen and oxygen atoms in total. The monoisotopic (exact) mass is 351 g/mol. The summed E-state index contributed by atoms with van der Waals surface area (Å²) in [6.07, 6.45) is 4.62. The first-order valence-electron chi connectivity index (χ1n) is 7.72. The van der Waals surface area contributed by atoms with Crippen LogP contribution in [0.15, 0.2) is 6.20 Å². The lowest BCUT2D eigenvalue weighted by atomic mass is 9.85. The molecule has 0 radical (unpaired) electrons. The van der Waals surface area contributed by atoms with Crippen molar-refractivity contribution in [1.29, 1.82) is 5.26 Å². The fourth-order valence-electron chi connectivity index (χ4n) is 2.84. The molecule has 1 atom stereocenters. The van der Waals surface area contributed by atoms with Crippen LogP contribution in [0, 0.1) is 17.2 Å². The molecule has 24 heavy (non-hydrogen) atoms. The molecular formula is C15H21N5O3S. The largest absolute Gasteiger partial charge is 0.351 e. The van der Waals surface area contributed by atoms with Gasteiger partial charge in [-0.05, 0) is 25.7 Å². The van der Waals surface area contributed by atoms with E-state index >= 15 is 0 Å². The number of rotatable bonds is 5. The highest BCUT2D eigenvalue weighted by Crippen LogP contribution is 2.27. The van der Waals surface area contributed by atoms with Crippen molar-refractivity contribution in [1.82, 2.24) is 14.9 Å². The van der Waals surface area contributed by atoms with E-state index in [-0.39, 0.29) is 34.9 Å². The van der Waals surface area contributed by atoms with E-state index in [1.807, 2.05) is 6.07 Å². The Bertz CT molecular complexity index is 666. The second-order valence-electron chi connectivity index (χ2n) is 6.06. The maximum atomic E-state index is 12.0. The summed E-state index contributed by atoms with van der Waals surface area (Å²) in [7, 11) is 3.54. The molecule has 1 heterocycles. The van der Waals surface area contributed by atoms with Crippen LogP contribution in [0.1, 0.15) is 36.9 Å². The Morgan fingerprint density at radius 2 is 2.12 bits per heavy atom. The van der Waals surface area contributed by atoms with E-state index < -0.39 is 11.1 Å². The van der Waals surface area contributed by atoms with Crippen molar-refractivity contribution < 1.29 is 13.6 Å². The third kappa shape index (κ3) is 4.72. The number of nitrogens with one attached hydrogen (secondary N) is 1. The summed E-state index contributed by atoms with van der Waals surface area (Å²) in [6.45, 7) is 0. The first-order valence-corrected chi connectivity index (χ1v) is 8.99. The van der Waals surface area contributed by atoms with Crippen LogP contribution >= 0.6 is 0 Å². The number of hydrogen-bond donors (Lipinski definition) is 2. The van der Waals surface area contributed by atoms with E-state index in [0.29, 0.717) is 5.95 Å². The summed E-state index contributed by atoms with van der Waals surface area (Å²) in [5, 5.41) is 12.2. The standard InChI is InChI=1S/C15H21N5O3S/c1-20(2)14(21)10-3-5-12(6-4-10)18-15-17-8-11(7-16)13(19-15)9-24(22)23/h8,10,12H,3-6,9H2,1-2H3,(H,22,23)(H,17,18,19). The van der Waals surface area contributed by atoms with Gasteiger partial charge in [-0.1, -0.05) is 0 Å². The number of nitrogens with zero attached hydrogens (tertiary/aromatic N) is 4. The van der Waals surface area contributed by atoms with Crippen LogP contribution in [0.25, 0.3) is 0 Å². The van der Waals surface area contributed by atoms with Crippen molar-refractivity contribution in [2.24, 2.45) is 5.92 Å². The lowest BCUT2D eigenvalue weighted by molar-refractivity contribution is -0.133. The van der Waals surface area contributed by atoms with E-state index in [1.54, 1.807) is 19.0 Å². The van der Waals surface area contributed by atoms with Gasteiger partial charge in [0, 0.05) is 26.1 Å². The minimum absolute atomic E-state index is 0.0623. The first kappa shape index (κ1) is 18.3. The zero-order valence-electron chi connectivity index (χ0n) is 13.7. The second kappa shape index (κ2) is 8.17. The van der Waals surface area contributed by atoms with Gasteiger partial charge in [0.2, 0.25) is 11.9 Å². The van der Waals surface area contributed by atoms with Gasteiger partial charge in [0.1, 0.15) is 6.07 Å². The van der Waals surface area contributed by atoms with Crippen molar-refractivity contribution in [3.05, 3.63) is 17.5 Å². The normalized spacial score (nSPS) is 21.6. The zero-order chi connectivity index (χ0) is 17.7. The SMILES string of the molecule is CN(C)C(=O)C1CCC(Nc2ncc(C#N)c(CS(=O)O)n2)CC1. The van der Waals surface area contributed by atoms with Crippen LogP contribution in [0.4, 0.5) is 5.95 Å². The van der Waals surface area contributed by atoms with E-state index in [9.17, 15) is 9.00 Å². The Balaban J connectivity index is 1.99. The van der Waals surface area contributed by atoms with Gasteiger partial charge >= 0.3 is 0 Å². The van der Waals surface area contributed by atoms with Crippen molar-refractivity contribution in [2.75, 3.05) is 19.4 Å². The molecule has 1 saturated carbocycles. The number of carbonyl (C=O) groups is 1. The number of carbonyl (C=O) groups excluding carboxylic acids is 1. The molecular weight excluding hydrogens is 330 g/mol. The van der Waals surface area contributed by atoms with Gasteiger partial charge in [0.05, 0.1) is 23.2 Å². The fourth-order valence-corrected chi connectivity index (χ4v) is 3.29. The highest BCUT2D eigenvalue weighted by molar-refractivity contribution is 7.78. The highest BCUT2D eigenvalue weighted by atomic mass is 32.2. The van der Waals surface area contributed by atoms with E-state index in [4.69, 9.17) is 9.81 Å². The fraction of sp³-hybridized carbons (Fsp3) is 0.600. The summed E-state index contributed by atoms with van der Waals surface area (Å²) in [6, 6.07) is 2.07. The van der Waals surface area contributed by atoms with Gasteiger partial charge in [-0.25, -0.2) is 14.2 Å². The quantitative estimate of drug-likeness (QED) is 0.763. The molecule has 1 amide bonds. The molecule has 0 aliphatic heterocycles. The van der Waals surface area contributed by atoms with Gasteiger partial charge in [0.15, 0.2) is 11.1 Å². The molecule has 9 heteroatoms. The lowest BCUT2D eigenvalue weighted by Gasteiger charge is -2.29. The van der Waals surface area contributed by atoms with Gasteiger partial charge in [-0.2, -0.15) is 5.26 Å². The molecule has 1 aliphatic carbocycles. The van der Waals surface area contributed by atoms with Crippen LogP contribution < -0.4 is 5.32 Å². The molecule has 0 saturated heterocycles. The molecule has 0 spiro atoms. The summed E-state index contributed by atoms with van der Waals surface area (Å²) >= 11 is -2.07. The van der Waals surface area contributed by atoms with Gasteiger partial charge < -0.3 is 14.8 Å². The van der Waals surface area contributed by atoms with E-state index in [2.05, 4.69) is 15.3 Å². The molecule has 1 unspecified atom stereocenters. The Morgan fingerprint density at radius 3 is 2.67 bits per heavy atom. The number of nitriles is 1. The molecule has 2 rings (SSSR count). The van der Waals surface area contributed by atoms with Crippen LogP contribution in [-0.2, 0) is 21.6 Å². The molecule has 1 aromatic rings. The Hall–Kier alpha value is -2.05. The summed E-state index contributed by atoms with van der Waals surface area (Å²) in [4.78, 5) is 21.9. The number of amides is 1. The predicted molar refractivity (Wildman–Crippen MR) is 89.3 cm³/mol. The average molecular weight is 351 g/mol. The van der Waals surface area contributed by atoms with Crippen molar-refractivity contribution in [2.45, 2.75) is 37.5 Å². The van der Waals surface area contributed by atoms with Crippen molar-refractivity contribution >= 4 is 22.9 Å². The molecule has 0 aromatic carbocycles. The van der Waals surface area contributed by atoms with Crippen LogP contribution in [0.2, 0.25) is 0 Å². The zero-order valence-corrected chi connectivity index (χ0v) is 14.5. The predicted octanol–water partition coefficient (Wildman–Crippen LogP) is 1.13. The third-order valence-corrected chi connectivity index (χ3v) is 4.62. The highest BCUT2D eigenvalue weighted by Gasteiger charge is 2.27. The van der Waals surface area contributed by atoms with Crippen LogP contribution in [0.3, 0.4) is 0 Å². The van der Waals surface area contributed by atoms with E-state index in [0.717, 1.165) is 25.7 Å². The Labute approximate surface area is 143 Å². The Morgan fingerprint density at radius 1 is 1.46 bits per heavy atom. The minimum atomic E-state index is -2.07. The summed E-state index contributed by atoms with van der Waals surface area (Å²) in [5.74, 6) is 0.365. The maximum absolute atomic E-state index is 12.0. The van der Waals surface area contributed by atoms with Crippen LogP contribution in [-0.4, -0.2) is 49.7 Å². The molecule has 1 aromatic heterocycles. The van der Waals surface area contributed by atoms with Crippen molar-refractivity contribution in [3.63, 3.8) is 0 Å². The van der Waals surface area contributed by atoms with Gasteiger partial charge in [-0.3, -0.25) is 4.79 Å². The molecule has 1 aliphatic rings. The van der Waals surface area contributed by atoms with Gasteiger partial charge in [-0.15, -0.1) is 0 Å². The number of aromatic nitrogens is 2. The lowest BCUT2D eigenvalue weighted by Crippen LogP contribution is -2.35. The maximum Gasteiger partial charge on any atom is 0.225 e. The van der Waals surface area contributed by atoms with Crippen LogP contribution in [0.5, 0.6) is 0 Å². The summed E-state index contributed by atoms with van der Waals surface area (Å²) in [5.41, 5.74) is 0.454. The average Bonchev–Trinajstić information content (AvgIpc) is 2.54. The molecule has 1 fully saturated rings.